The van der Waals surface area contributed by atoms with Crippen molar-refractivity contribution in [1.82, 2.24) is 15.1 Å². The van der Waals surface area contributed by atoms with Gasteiger partial charge in [0.2, 0.25) is 0 Å². The fourth-order valence-corrected chi connectivity index (χ4v) is 5.58. The summed E-state index contributed by atoms with van der Waals surface area (Å²) in [6, 6.07) is 8.94. The molecule has 8 heteroatoms. The number of hydrogen-bond acceptors (Lipinski definition) is 7. The highest BCUT2D eigenvalue weighted by atomic mass is 16.5. The molecule has 0 spiro atoms. The van der Waals surface area contributed by atoms with Crippen molar-refractivity contribution in [2.24, 2.45) is 0 Å². The predicted molar refractivity (Wildman–Crippen MR) is 125 cm³/mol. The van der Waals surface area contributed by atoms with Crippen molar-refractivity contribution in [3.05, 3.63) is 59.2 Å². The highest BCUT2D eigenvalue weighted by Crippen LogP contribution is 2.45. The average molecular weight is 461 g/mol. The first-order valence-corrected chi connectivity index (χ1v) is 12.1. The Hall–Kier alpha value is -3.26. The van der Waals surface area contributed by atoms with Gasteiger partial charge in [0.25, 0.3) is 0 Å². The fraction of sp³-hybridized carbons (Fsp3) is 0.462. The van der Waals surface area contributed by atoms with Crippen molar-refractivity contribution < 1.29 is 19.2 Å². The number of aromatic nitrogens is 3. The molecule has 2 unspecified atom stereocenters. The number of carbonyl (C=O) groups is 1. The number of rotatable bonds is 7. The Morgan fingerprint density at radius 3 is 2.53 bits per heavy atom. The number of aryl methyl sites for hydroxylation is 1. The van der Waals surface area contributed by atoms with Crippen LogP contribution in [-0.2, 0) is 11.3 Å². The number of piperidine rings is 1. The van der Waals surface area contributed by atoms with Gasteiger partial charge in [0.15, 0.2) is 5.69 Å². The molecule has 2 bridgehead atoms. The van der Waals surface area contributed by atoms with E-state index in [1.807, 2.05) is 12.1 Å². The van der Waals surface area contributed by atoms with Crippen LogP contribution in [0.1, 0.15) is 71.8 Å². The van der Waals surface area contributed by atoms with Gasteiger partial charge in [-0.15, -0.1) is 0 Å². The monoisotopic (exact) mass is 460 g/mol. The van der Waals surface area contributed by atoms with Crippen LogP contribution in [-0.4, -0.2) is 44.4 Å². The number of benzene rings is 1. The van der Waals surface area contributed by atoms with Crippen LogP contribution >= 0.6 is 0 Å². The fourth-order valence-electron chi connectivity index (χ4n) is 5.58. The Labute approximate surface area is 198 Å². The highest BCUT2D eigenvalue weighted by molar-refractivity contribution is 5.84. The minimum absolute atomic E-state index is 0.0287. The van der Waals surface area contributed by atoms with Gasteiger partial charge in [-0.05, 0) is 51.0 Å². The highest BCUT2D eigenvalue weighted by Gasteiger charge is 2.42. The van der Waals surface area contributed by atoms with Crippen LogP contribution in [0.25, 0.3) is 11.3 Å². The molecule has 3 aromatic rings. The summed E-state index contributed by atoms with van der Waals surface area (Å²) in [6.07, 6.45) is 9.40. The van der Waals surface area contributed by atoms with E-state index < -0.39 is 5.97 Å². The summed E-state index contributed by atoms with van der Waals surface area (Å²) >= 11 is 0. The maximum Gasteiger partial charge on any atom is 0.356 e. The Morgan fingerprint density at radius 2 is 1.88 bits per heavy atom. The van der Waals surface area contributed by atoms with E-state index in [1.165, 1.54) is 11.8 Å². The van der Waals surface area contributed by atoms with Gasteiger partial charge < -0.3 is 19.3 Å². The summed E-state index contributed by atoms with van der Waals surface area (Å²) in [6.45, 7) is 2.61. The van der Waals surface area contributed by atoms with Crippen LogP contribution in [0.5, 0.6) is 0 Å². The van der Waals surface area contributed by atoms with Crippen molar-refractivity contribution >= 4 is 11.8 Å². The summed E-state index contributed by atoms with van der Waals surface area (Å²) in [4.78, 5) is 21.9. The molecule has 2 aromatic heterocycles. The van der Waals surface area contributed by atoms with E-state index in [1.54, 1.807) is 6.20 Å². The largest absolute Gasteiger partial charge is 0.476 e. The van der Waals surface area contributed by atoms with E-state index in [-0.39, 0.29) is 11.8 Å². The van der Waals surface area contributed by atoms with Gasteiger partial charge in [0.1, 0.15) is 17.3 Å². The lowest BCUT2D eigenvalue weighted by Gasteiger charge is -2.39. The maximum absolute atomic E-state index is 11.1. The van der Waals surface area contributed by atoms with Crippen molar-refractivity contribution in [1.29, 1.82) is 0 Å². The third kappa shape index (κ3) is 3.86. The molecule has 1 saturated carbocycles. The molecule has 0 radical (unpaired) electrons. The zero-order valence-corrected chi connectivity index (χ0v) is 19.2. The van der Waals surface area contributed by atoms with Crippen molar-refractivity contribution in [2.75, 3.05) is 4.90 Å². The van der Waals surface area contributed by atoms with Gasteiger partial charge in [0, 0.05) is 29.1 Å². The van der Waals surface area contributed by atoms with Gasteiger partial charge in [-0.3, -0.25) is 0 Å². The lowest BCUT2D eigenvalue weighted by Crippen LogP contribution is -2.46. The second kappa shape index (κ2) is 8.51. The van der Waals surface area contributed by atoms with E-state index in [9.17, 15) is 4.79 Å². The minimum Gasteiger partial charge on any atom is -0.476 e. The molecule has 1 aromatic carbocycles. The normalized spacial score (nSPS) is 23.9. The zero-order chi connectivity index (χ0) is 23.2. The molecule has 34 heavy (non-hydrogen) atoms. The van der Waals surface area contributed by atoms with Gasteiger partial charge in [0.05, 0.1) is 25.1 Å². The molecule has 3 atom stereocenters. The Balaban J connectivity index is 1.18. The van der Waals surface area contributed by atoms with Gasteiger partial charge in [-0.25, -0.2) is 14.8 Å². The first-order chi connectivity index (χ1) is 16.6. The number of fused-ring (bicyclic) bond motifs is 2. The Morgan fingerprint density at radius 1 is 1.12 bits per heavy atom. The van der Waals surface area contributed by atoms with Crippen LogP contribution < -0.4 is 4.90 Å². The molecular weight excluding hydrogens is 432 g/mol. The molecule has 3 aliphatic rings. The number of ether oxygens (including phenoxy) is 1. The number of aromatic carboxylic acids is 1. The molecular formula is C26H28N4O4. The van der Waals surface area contributed by atoms with Crippen LogP contribution in [0, 0.1) is 6.92 Å². The minimum atomic E-state index is -1.06. The summed E-state index contributed by atoms with van der Waals surface area (Å²) < 4.78 is 12.4. The molecule has 6 rings (SSSR count). The van der Waals surface area contributed by atoms with Crippen LogP contribution in [0.4, 0.5) is 5.82 Å². The molecule has 2 aliphatic heterocycles. The molecule has 4 heterocycles. The Kier molecular flexibility index (Phi) is 5.32. The van der Waals surface area contributed by atoms with E-state index in [0.717, 1.165) is 66.9 Å². The quantitative estimate of drug-likeness (QED) is 0.540. The Bertz CT molecular complexity index is 1190. The first-order valence-electron chi connectivity index (χ1n) is 12.1. The SMILES string of the molecule is Cc1ccccc1-c1noc(C2CC2)c1COC1CC2CC[C@@H](C1)N2c1cnc(C(=O)O)cn1. The third-order valence-corrected chi connectivity index (χ3v) is 7.44. The van der Waals surface area contributed by atoms with Crippen molar-refractivity contribution in [3.8, 4) is 11.3 Å². The standard InChI is InChI=1S/C26H28N4O4/c1-15-4-2-3-5-20(15)24-21(25(34-29-24)16-6-7-16)14-33-19-10-17-8-9-18(11-19)30(17)23-13-27-22(12-28-23)26(31)32/h2-5,12-13,16-19H,6-11,14H2,1H3,(H,31,32)/t17-,18?,19?/m0/s1. The summed E-state index contributed by atoms with van der Waals surface area (Å²) in [5, 5.41) is 13.6. The second-order valence-corrected chi connectivity index (χ2v) is 9.72. The van der Waals surface area contributed by atoms with Crippen LogP contribution in [0.3, 0.4) is 0 Å². The molecule has 176 valence electrons. The summed E-state index contributed by atoms with van der Waals surface area (Å²) in [7, 11) is 0. The number of nitrogens with zero attached hydrogens (tertiary/aromatic N) is 4. The molecule has 2 saturated heterocycles. The first kappa shape index (κ1) is 21.3. The molecule has 1 N–H and O–H groups in total. The molecule has 0 amide bonds. The lowest BCUT2D eigenvalue weighted by atomic mass is 9.98. The van der Waals surface area contributed by atoms with Crippen LogP contribution in [0.15, 0.2) is 41.2 Å². The number of hydrogen-bond donors (Lipinski definition) is 1. The summed E-state index contributed by atoms with van der Waals surface area (Å²) in [5.74, 6) is 1.16. The molecule has 8 nitrogen and oxygen atoms in total. The number of carboxylic acids is 1. The van der Waals surface area contributed by atoms with Gasteiger partial charge in [-0.1, -0.05) is 29.4 Å². The van der Waals surface area contributed by atoms with Gasteiger partial charge in [-0.2, -0.15) is 0 Å². The average Bonchev–Trinajstić information content (AvgIpc) is 3.55. The topological polar surface area (TPSA) is 102 Å². The number of anilines is 1. The van der Waals surface area contributed by atoms with E-state index >= 15 is 0 Å². The van der Waals surface area contributed by atoms with E-state index in [0.29, 0.717) is 24.6 Å². The second-order valence-electron chi connectivity index (χ2n) is 9.72. The lowest BCUT2D eigenvalue weighted by molar-refractivity contribution is 0.0146. The number of carboxylic acid groups (broad SMARTS) is 1. The molecule has 3 fully saturated rings. The smallest absolute Gasteiger partial charge is 0.356 e. The molecule has 1 aliphatic carbocycles. The van der Waals surface area contributed by atoms with E-state index in [2.05, 4.69) is 39.1 Å². The van der Waals surface area contributed by atoms with Gasteiger partial charge >= 0.3 is 5.97 Å². The van der Waals surface area contributed by atoms with Crippen molar-refractivity contribution in [2.45, 2.75) is 76.2 Å². The van der Waals surface area contributed by atoms with Crippen molar-refractivity contribution in [3.63, 3.8) is 0 Å². The maximum atomic E-state index is 11.1. The van der Waals surface area contributed by atoms with Crippen LogP contribution in [0.2, 0.25) is 0 Å². The van der Waals surface area contributed by atoms with E-state index in [4.69, 9.17) is 14.4 Å². The zero-order valence-electron chi connectivity index (χ0n) is 19.2. The predicted octanol–water partition coefficient (Wildman–Crippen LogP) is 4.73. The summed E-state index contributed by atoms with van der Waals surface area (Å²) in [5.41, 5.74) is 4.27. The third-order valence-electron chi connectivity index (χ3n) is 7.44.